The Labute approximate surface area is 137 Å². The Balaban J connectivity index is 1.69. The number of hydrazine groups is 1. The number of hydrogen-bond acceptors (Lipinski definition) is 3. The summed E-state index contributed by atoms with van der Waals surface area (Å²) >= 11 is 0. The van der Waals surface area contributed by atoms with Gasteiger partial charge in [0, 0.05) is 13.1 Å². The number of rotatable bonds is 5. The third-order valence-electron chi connectivity index (χ3n) is 4.24. The van der Waals surface area contributed by atoms with E-state index in [1.165, 1.54) is 0 Å². The zero-order chi connectivity index (χ0) is 16.1. The summed E-state index contributed by atoms with van der Waals surface area (Å²) in [5.74, 6) is 2.30. The van der Waals surface area contributed by atoms with Crippen LogP contribution in [0.15, 0.2) is 54.6 Å². The second-order valence-electron chi connectivity index (χ2n) is 6.00. The molecular formula is C19H22N2O2. The van der Waals surface area contributed by atoms with Gasteiger partial charge in [0.25, 0.3) is 0 Å². The molecule has 23 heavy (non-hydrogen) atoms. The monoisotopic (exact) mass is 310 g/mol. The smallest absolute Gasteiger partial charge is 0.228 e. The summed E-state index contributed by atoms with van der Waals surface area (Å²) in [5, 5.41) is 3.82. The average molecular weight is 310 g/mol. The lowest BCUT2D eigenvalue weighted by Gasteiger charge is -2.36. The van der Waals surface area contributed by atoms with E-state index in [1.807, 2.05) is 54.6 Å². The van der Waals surface area contributed by atoms with Crippen LogP contribution in [0.1, 0.15) is 19.8 Å². The molecule has 1 saturated heterocycles. The van der Waals surface area contributed by atoms with Crippen LogP contribution < -0.4 is 9.75 Å². The van der Waals surface area contributed by atoms with Crippen LogP contribution in [-0.2, 0) is 4.79 Å². The number of hydrogen-bond donors (Lipinski definition) is 0. The van der Waals surface area contributed by atoms with Gasteiger partial charge in [-0.2, -0.15) is 0 Å². The van der Waals surface area contributed by atoms with Gasteiger partial charge in [0.1, 0.15) is 11.5 Å². The Morgan fingerprint density at radius 2 is 1.61 bits per heavy atom. The number of piperidine rings is 1. The Bertz CT molecular complexity index is 620. The first-order valence-corrected chi connectivity index (χ1v) is 8.08. The van der Waals surface area contributed by atoms with E-state index in [4.69, 9.17) is 4.74 Å². The Hall–Kier alpha value is -2.33. The minimum absolute atomic E-state index is 0.737. The highest BCUT2D eigenvalue weighted by atomic mass is 16.5. The molecule has 1 aliphatic heterocycles. The summed E-state index contributed by atoms with van der Waals surface area (Å²) in [7, 11) is 0. The van der Waals surface area contributed by atoms with Gasteiger partial charge in [-0.3, -0.25) is 4.79 Å². The summed E-state index contributed by atoms with van der Waals surface area (Å²) in [4.78, 5) is 11.5. The van der Waals surface area contributed by atoms with Gasteiger partial charge in [-0.15, -0.1) is 0 Å². The normalized spacial score (nSPS) is 16.0. The third-order valence-corrected chi connectivity index (χ3v) is 4.24. The van der Waals surface area contributed by atoms with Crippen molar-refractivity contribution in [3.63, 3.8) is 0 Å². The average Bonchev–Trinajstić information content (AvgIpc) is 2.60. The molecule has 0 aliphatic carbocycles. The molecule has 0 atom stereocenters. The fourth-order valence-electron chi connectivity index (χ4n) is 2.79. The molecule has 1 aliphatic rings. The summed E-state index contributed by atoms with van der Waals surface area (Å²) in [6.07, 6.45) is 3.14. The van der Waals surface area contributed by atoms with Gasteiger partial charge in [0.15, 0.2) is 0 Å². The van der Waals surface area contributed by atoms with Crippen LogP contribution in [0, 0.1) is 5.92 Å². The molecular weight excluding hydrogens is 288 g/mol. The molecule has 0 saturated carbocycles. The van der Waals surface area contributed by atoms with E-state index in [9.17, 15) is 4.79 Å². The maximum atomic E-state index is 11.5. The lowest BCUT2D eigenvalue weighted by molar-refractivity contribution is -0.110. The van der Waals surface area contributed by atoms with Crippen LogP contribution in [0.25, 0.3) is 0 Å². The molecule has 0 spiro atoms. The number of para-hydroxylation sites is 1. The van der Waals surface area contributed by atoms with Gasteiger partial charge >= 0.3 is 0 Å². The van der Waals surface area contributed by atoms with Gasteiger partial charge in [0.05, 0.1) is 5.69 Å². The number of ether oxygens (including phenoxy) is 1. The Morgan fingerprint density at radius 3 is 2.22 bits per heavy atom. The van der Waals surface area contributed by atoms with E-state index in [-0.39, 0.29) is 0 Å². The van der Waals surface area contributed by atoms with E-state index in [0.717, 1.165) is 55.4 Å². The lowest BCUT2D eigenvalue weighted by atomic mass is 10.0. The Morgan fingerprint density at radius 1 is 1.00 bits per heavy atom. The van der Waals surface area contributed by atoms with Crippen molar-refractivity contribution in [3.05, 3.63) is 54.6 Å². The van der Waals surface area contributed by atoms with Gasteiger partial charge in [0.2, 0.25) is 6.41 Å². The largest absolute Gasteiger partial charge is 0.457 e. The highest BCUT2D eigenvalue weighted by Gasteiger charge is 2.21. The predicted octanol–water partition coefficient (Wildman–Crippen LogP) is 4.09. The van der Waals surface area contributed by atoms with E-state index in [0.29, 0.717) is 0 Å². The molecule has 4 nitrogen and oxygen atoms in total. The number of nitrogens with zero attached hydrogens (tertiary/aromatic N) is 2. The highest BCUT2D eigenvalue weighted by Crippen LogP contribution is 2.26. The number of carbonyl (C=O) groups is 1. The third kappa shape index (κ3) is 3.90. The standard InChI is InChI=1S/C19H22N2O2/c1-16-11-13-20(14-12-16)21(15-22)17-7-9-19(10-8-17)23-18-5-3-2-4-6-18/h2-10,15-16H,11-14H2,1H3. The minimum Gasteiger partial charge on any atom is -0.457 e. The van der Waals surface area contributed by atoms with Crippen molar-refractivity contribution >= 4 is 12.1 Å². The number of amides is 1. The van der Waals surface area contributed by atoms with E-state index in [2.05, 4.69) is 11.9 Å². The Kier molecular flexibility index (Phi) is 4.93. The van der Waals surface area contributed by atoms with Crippen molar-refractivity contribution in [2.24, 2.45) is 5.92 Å². The van der Waals surface area contributed by atoms with Crippen molar-refractivity contribution in [1.29, 1.82) is 0 Å². The fraction of sp³-hybridized carbons (Fsp3) is 0.316. The first kappa shape index (κ1) is 15.6. The van der Waals surface area contributed by atoms with Crippen LogP contribution in [0.2, 0.25) is 0 Å². The maximum Gasteiger partial charge on any atom is 0.228 e. The molecule has 0 radical (unpaired) electrons. The zero-order valence-corrected chi connectivity index (χ0v) is 13.4. The van der Waals surface area contributed by atoms with E-state index >= 15 is 0 Å². The first-order valence-electron chi connectivity index (χ1n) is 8.08. The maximum absolute atomic E-state index is 11.5. The molecule has 0 unspecified atom stereocenters. The van der Waals surface area contributed by atoms with Crippen LogP contribution in [0.3, 0.4) is 0 Å². The molecule has 120 valence electrons. The first-order chi connectivity index (χ1) is 11.3. The van der Waals surface area contributed by atoms with Crippen LogP contribution in [0.4, 0.5) is 5.69 Å². The van der Waals surface area contributed by atoms with Crippen molar-refractivity contribution in [2.45, 2.75) is 19.8 Å². The molecule has 2 aromatic carbocycles. The summed E-state index contributed by atoms with van der Waals surface area (Å²) < 4.78 is 5.79. The fourth-order valence-corrected chi connectivity index (χ4v) is 2.79. The predicted molar refractivity (Wildman–Crippen MR) is 91.5 cm³/mol. The summed E-state index contributed by atoms with van der Waals surface area (Å²) in [6.45, 7) is 4.10. The van der Waals surface area contributed by atoms with Gasteiger partial charge in [-0.25, -0.2) is 10.0 Å². The van der Waals surface area contributed by atoms with Crippen LogP contribution >= 0.6 is 0 Å². The van der Waals surface area contributed by atoms with Gasteiger partial charge < -0.3 is 4.74 Å². The number of carbonyl (C=O) groups excluding carboxylic acids is 1. The summed E-state index contributed by atoms with van der Waals surface area (Å²) in [5.41, 5.74) is 0.870. The van der Waals surface area contributed by atoms with Gasteiger partial charge in [-0.05, 0) is 55.2 Å². The van der Waals surface area contributed by atoms with Crippen molar-refractivity contribution in [2.75, 3.05) is 18.1 Å². The molecule has 0 aromatic heterocycles. The van der Waals surface area contributed by atoms with E-state index in [1.54, 1.807) is 5.01 Å². The van der Waals surface area contributed by atoms with Crippen molar-refractivity contribution in [1.82, 2.24) is 5.01 Å². The SMILES string of the molecule is CC1CCN(N(C=O)c2ccc(Oc3ccccc3)cc2)CC1. The van der Waals surface area contributed by atoms with Crippen LogP contribution in [0.5, 0.6) is 11.5 Å². The molecule has 0 N–H and O–H groups in total. The highest BCUT2D eigenvalue weighted by molar-refractivity contribution is 5.74. The molecule has 1 amide bonds. The zero-order valence-electron chi connectivity index (χ0n) is 13.4. The molecule has 4 heteroatoms. The molecule has 3 rings (SSSR count). The van der Waals surface area contributed by atoms with E-state index < -0.39 is 0 Å². The van der Waals surface area contributed by atoms with Crippen molar-refractivity contribution < 1.29 is 9.53 Å². The molecule has 0 bridgehead atoms. The molecule has 1 heterocycles. The summed E-state index contributed by atoms with van der Waals surface area (Å²) in [6, 6.07) is 17.3. The number of benzene rings is 2. The topological polar surface area (TPSA) is 32.8 Å². The lowest BCUT2D eigenvalue weighted by Crippen LogP contribution is -2.46. The van der Waals surface area contributed by atoms with Gasteiger partial charge in [-0.1, -0.05) is 25.1 Å². The molecule has 1 fully saturated rings. The second-order valence-corrected chi connectivity index (χ2v) is 6.00. The van der Waals surface area contributed by atoms with Crippen LogP contribution in [-0.4, -0.2) is 24.5 Å². The number of anilines is 1. The van der Waals surface area contributed by atoms with Crippen molar-refractivity contribution in [3.8, 4) is 11.5 Å². The minimum atomic E-state index is 0.737. The second kappa shape index (κ2) is 7.29. The quantitative estimate of drug-likeness (QED) is 0.780. The molecule has 2 aromatic rings.